The molecule has 1 amide bonds. The van der Waals surface area contributed by atoms with Gasteiger partial charge in [0.15, 0.2) is 6.61 Å². The van der Waals surface area contributed by atoms with E-state index in [9.17, 15) is 19.7 Å². The van der Waals surface area contributed by atoms with E-state index in [-0.39, 0.29) is 32.6 Å². The van der Waals surface area contributed by atoms with Gasteiger partial charge in [0.25, 0.3) is 11.6 Å². The molecule has 2 atom stereocenters. The van der Waals surface area contributed by atoms with Crippen molar-refractivity contribution in [2.45, 2.75) is 49.3 Å². The molecule has 4 saturated carbocycles. The first-order chi connectivity index (χ1) is 14.2. The first-order valence-corrected chi connectivity index (χ1v) is 10.8. The van der Waals surface area contributed by atoms with E-state index in [0.29, 0.717) is 18.3 Å². The maximum absolute atomic E-state index is 12.5. The van der Waals surface area contributed by atoms with E-state index >= 15 is 0 Å². The lowest BCUT2D eigenvalue weighted by molar-refractivity contribution is -0.384. The Balaban J connectivity index is 1.32. The van der Waals surface area contributed by atoms with Crippen LogP contribution in [0.3, 0.4) is 0 Å². The number of carbonyl (C=O) groups is 2. The van der Waals surface area contributed by atoms with Crippen LogP contribution in [0.2, 0.25) is 0 Å². The molecule has 5 rings (SSSR count). The highest BCUT2D eigenvalue weighted by Gasteiger charge is 2.57. The first kappa shape index (κ1) is 20.8. The minimum absolute atomic E-state index is 0.0277. The summed E-state index contributed by atoms with van der Waals surface area (Å²) in [7, 11) is 0. The van der Waals surface area contributed by atoms with Gasteiger partial charge in [-0.15, -0.1) is 0 Å². The second kappa shape index (κ2) is 7.65. The summed E-state index contributed by atoms with van der Waals surface area (Å²) in [5.41, 5.74) is -0.157. The van der Waals surface area contributed by atoms with Crippen molar-refractivity contribution >= 4 is 39.2 Å². The minimum atomic E-state index is -0.615. The topological polar surface area (TPSA) is 122 Å². The van der Waals surface area contributed by atoms with Crippen LogP contribution in [0.25, 0.3) is 0 Å². The normalized spacial score (nSPS) is 31.1. The number of non-ortho nitro benzene ring substituents is 1. The van der Waals surface area contributed by atoms with Crippen molar-refractivity contribution in [3.05, 3.63) is 33.9 Å². The Kier molecular flexibility index (Phi) is 5.30. The molecule has 0 radical (unpaired) electrons. The number of esters is 1. The summed E-state index contributed by atoms with van der Waals surface area (Å²) in [5, 5.41) is 22.4. The van der Waals surface area contributed by atoms with Gasteiger partial charge in [0, 0.05) is 16.5 Å². The van der Waals surface area contributed by atoms with Gasteiger partial charge >= 0.3 is 5.97 Å². The third-order valence-corrected chi connectivity index (χ3v) is 7.53. The molecule has 4 bridgehead atoms. The fourth-order valence-corrected chi connectivity index (χ4v) is 7.59. The third kappa shape index (κ3) is 4.19. The van der Waals surface area contributed by atoms with Crippen molar-refractivity contribution in [1.29, 1.82) is 5.26 Å². The standard InChI is InChI=1S/C21H22BrN3O5/c22-21-7-13-3-14(8-21)6-20(5-13,12-21)9-19(27)30-11-18(26)24-17-2-1-16(25(28)29)4-15(17)10-23/h1-2,4,13-14H,3,5-9,11-12H2,(H,24,26). The van der Waals surface area contributed by atoms with E-state index in [1.165, 1.54) is 31.4 Å². The Bertz CT molecular complexity index is 942. The van der Waals surface area contributed by atoms with Crippen LogP contribution in [-0.2, 0) is 14.3 Å². The summed E-state index contributed by atoms with van der Waals surface area (Å²) in [6.45, 7) is -0.455. The average molecular weight is 476 g/mol. The molecule has 0 aliphatic heterocycles. The molecule has 0 spiro atoms. The van der Waals surface area contributed by atoms with E-state index in [4.69, 9.17) is 10.00 Å². The zero-order chi connectivity index (χ0) is 21.5. The molecule has 4 aliphatic rings. The number of anilines is 1. The lowest BCUT2D eigenvalue weighted by Crippen LogP contribution is -2.53. The molecular formula is C21H22BrN3O5. The molecule has 1 aromatic rings. The first-order valence-electron chi connectivity index (χ1n) is 10.0. The molecular weight excluding hydrogens is 454 g/mol. The molecule has 1 N–H and O–H groups in total. The molecule has 0 heterocycles. The smallest absolute Gasteiger partial charge is 0.306 e. The molecule has 158 valence electrons. The number of nitrogens with one attached hydrogen (secondary N) is 1. The number of nitro groups is 1. The van der Waals surface area contributed by atoms with E-state index in [1.54, 1.807) is 0 Å². The van der Waals surface area contributed by atoms with Gasteiger partial charge in [0.1, 0.15) is 6.07 Å². The number of halogens is 1. The number of rotatable bonds is 6. The number of amides is 1. The number of ether oxygens (including phenoxy) is 1. The average Bonchev–Trinajstić information content (AvgIpc) is 2.64. The van der Waals surface area contributed by atoms with Crippen LogP contribution in [-0.4, -0.2) is 27.7 Å². The molecule has 9 heteroatoms. The molecule has 1 aromatic carbocycles. The van der Waals surface area contributed by atoms with Gasteiger partial charge in [-0.05, 0) is 61.8 Å². The number of nitrogens with zero attached hydrogens (tertiary/aromatic N) is 2. The van der Waals surface area contributed by atoms with Crippen molar-refractivity contribution in [3.8, 4) is 6.07 Å². The van der Waals surface area contributed by atoms with Gasteiger partial charge in [-0.25, -0.2) is 0 Å². The maximum Gasteiger partial charge on any atom is 0.306 e. The lowest BCUT2D eigenvalue weighted by atomic mass is 9.49. The van der Waals surface area contributed by atoms with Crippen LogP contribution in [0, 0.1) is 38.7 Å². The number of benzene rings is 1. The zero-order valence-electron chi connectivity index (χ0n) is 16.4. The maximum atomic E-state index is 12.5. The molecule has 0 aromatic heterocycles. The highest BCUT2D eigenvalue weighted by molar-refractivity contribution is 9.10. The van der Waals surface area contributed by atoms with Crippen molar-refractivity contribution in [1.82, 2.24) is 0 Å². The molecule has 4 fully saturated rings. The zero-order valence-corrected chi connectivity index (χ0v) is 17.9. The number of hydrogen-bond donors (Lipinski definition) is 1. The number of carbonyl (C=O) groups excluding carboxylic acids is 2. The third-order valence-electron chi connectivity index (χ3n) is 6.60. The fourth-order valence-electron chi connectivity index (χ4n) is 6.08. The Labute approximate surface area is 182 Å². The Morgan fingerprint density at radius 1 is 1.30 bits per heavy atom. The van der Waals surface area contributed by atoms with Gasteiger partial charge in [-0.1, -0.05) is 15.9 Å². The van der Waals surface area contributed by atoms with Gasteiger partial charge in [0.2, 0.25) is 0 Å². The Morgan fingerprint density at radius 2 is 2.00 bits per heavy atom. The molecule has 2 unspecified atom stereocenters. The van der Waals surface area contributed by atoms with Crippen LogP contribution >= 0.6 is 15.9 Å². The summed E-state index contributed by atoms with van der Waals surface area (Å²) in [6, 6.07) is 5.40. The Morgan fingerprint density at radius 3 is 2.60 bits per heavy atom. The second-order valence-electron chi connectivity index (χ2n) is 9.10. The second-order valence-corrected chi connectivity index (χ2v) is 10.8. The summed E-state index contributed by atoms with van der Waals surface area (Å²) >= 11 is 3.92. The molecule has 4 aliphatic carbocycles. The van der Waals surface area contributed by atoms with Crippen LogP contribution in [0.4, 0.5) is 11.4 Å². The van der Waals surface area contributed by atoms with Gasteiger partial charge in [-0.2, -0.15) is 5.26 Å². The van der Waals surface area contributed by atoms with E-state index in [2.05, 4.69) is 21.2 Å². The highest BCUT2D eigenvalue weighted by atomic mass is 79.9. The van der Waals surface area contributed by atoms with Crippen molar-refractivity contribution in [2.75, 3.05) is 11.9 Å². The summed E-state index contributed by atoms with van der Waals surface area (Å²) in [4.78, 5) is 34.9. The van der Waals surface area contributed by atoms with Gasteiger partial charge < -0.3 is 10.1 Å². The predicted molar refractivity (Wildman–Crippen MR) is 111 cm³/mol. The summed E-state index contributed by atoms with van der Waals surface area (Å²) < 4.78 is 5.38. The van der Waals surface area contributed by atoms with Crippen molar-refractivity contribution in [3.63, 3.8) is 0 Å². The van der Waals surface area contributed by atoms with Crippen LogP contribution < -0.4 is 5.32 Å². The monoisotopic (exact) mass is 475 g/mol. The van der Waals surface area contributed by atoms with Crippen molar-refractivity contribution < 1.29 is 19.2 Å². The van der Waals surface area contributed by atoms with Crippen LogP contribution in [0.15, 0.2) is 18.2 Å². The number of nitro benzene ring substituents is 1. The largest absolute Gasteiger partial charge is 0.456 e. The Hall–Kier alpha value is -2.47. The summed E-state index contributed by atoms with van der Waals surface area (Å²) in [6.07, 6.45) is 7.00. The van der Waals surface area contributed by atoms with E-state index < -0.39 is 17.4 Å². The SMILES string of the molecule is N#Cc1cc([N+](=O)[O-])ccc1NC(=O)COC(=O)CC12CC3CC(CC(Br)(C3)C1)C2. The molecule has 30 heavy (non-hydrogen) atoms. The predicted octanol–water partition coefficient (Wildman–Crippen LogP) is 4.07. The fraction of sp³-hybridized carbons (Fsp3) is 0.571. The minimum Gasteiger partial charge on any atom is -0.456 e. The number of hydrogen-bond acceptors (Lipinski definition) is 6. The quantitative estimate of drug-likeness (QED) is 0.286. The lowest BCUT2D eigenvalue weighted by Gasteiger charge is -2.60. The molecule has 0 saturated heterocycles. The number of nitriles is 1. The highest BCUT2D eigenvalue weighted by Crippen LogP contribution is 2.65. The van der Waals surface area contributed by atoms with E-state index in [1.807, 2.05) is 6.07 Å². The molecule has 8 nitrogen and oxygen atoms in total. The summed E-state index contributed by atoms with van der Waals surface area (Å²) in [5.74, 6) is 0.352. The van der Waals surface area contributed by atoms with Gasteiger partial charge in [-0.3, -0.25) is 19.7 Å². The van der Waals surface area contributed by atoms with Gasteiger partial charge in [0.05, 0.1) is 22.6 Å². The van der Waals surface area contributed by atoms with Crippen LogP contribution in [0.1, 0.15) is 50.5 Å². The number of alkyl halides is 1. The van der Waals surface area contributed by atoms with E-state index in [0.717, 1.165) is 25.3 Å². The van der Waals surface area contributed by atoms with Crippen molar-refractivity contribution in [2.24, 2.45) is 17.3 Å². The van der Waals surface area contributed by atoms with Crippen LogP contribution in [0.5, 0.6) is 0 Å².